The summed E-state index contributed by atoms with van der Waals surface area (Å²) in [4.78, 5) is 35.6. The highest BCUT2D eigenvalue weighted by atomic mass is 16.5. The molecule has 2 amide bonds. The zero-order chi connectivity index (χ0) is 17.2. The number of hydrogen-bond acceptors (Lipinski definition) is 4. The number of hydrogen-bond donors (Lipinski definition) is 2. The zero-order valence-corrected chi connectivity index (χ0v) is 13.8. The maximum atomic E-state index is 12.1. The molecule has 1 aromatic rings. The number of carbonyl (C=O) groups excluding carboxylic acids is 3. The van der Waals surface area contributed by atoms with Crippen molar-refractivity contribution in [2.24, 2.45) is 0 Å². The lowest BCUT2D eigenvalue weighted by atomic mass is 10.1. The van der Waals surface area contributed by atoms with Crippen LogP contribution in [0.1, 0.15) is 32.3 Å². The Morgan fingerprint density at radius 3 is 2.35 bits per heavy atom. The van der Waals surface area contributed by atoms with Crippen molar-refractivity contribution in [2.45, 2.75) is 45.2 Å². The Kier molecular flexibility index (Phi) is 7.80. The highest BCUT2D eigenvalue weighted by Gasteiger charge is 2.24. The van der Waals surface area contributed by atoms with Crippen LogP contribution in [0.25, 0.3) is 0 Å². The van der Waals surface area contributed by atoms with E-state index in [1.807, 2.05) is 37.3 Å². The van der Waals surface area contributed by atoms with E-state index < -0.39 is 24.0 Å². The molecular formula is C17H24N2O4. The summed E-state index contributed by atoms with van der Waals surface area (Å²) in [5.41, 5.74) is 0.871. The van der Waals surface area contributed by atoms with Crippen LogP contribution in [0, 0.1) is 0 Å². The van der Waals surface area contributed by atoms with E-state index in [2.05, 4.69) is 15.4 Å². The van der Waals surface area contributed by atoms with Crippen LogP contribution < -0.4 is 10.6 Å². The van der Waals surface area contributed by atoms with Gasteiger partial charge in [0.25, 0.3) is 0 Å². The summed E-state index contributed by atoms with van der Waals surface area (Å²) in [6.07, 6.45) is 1.42. The van der Waals surface area contributed by atoms with E-state index in [0.717, 1.165) is 12.0 Å². The molecule has 0 aliphatic carbocycles. The Bertz CT molecular complexity index is 531. The molecule has 23 heavy (non-hydrogen) atoms. The molecular weight excluding hydrogens is 296 g/mol. The van der Waals surface area contributed by atoms with Gasteiger partial charge in [-0.1, -0.05) is 43.7 Å². The first-order chi connectivity index (χ1) is 11.0. The van der Waals surface area contributed by atoms with Crippen LogP contribution in [-0.4, -0.2) is 37.0 Å². The number of amides is 2. The van der Waals surface area contributed by atoms with Crippen LogP contribution in [0.5, 0.6) is 0 Å². The van der Waals surface area contributed by atoms with Gasteiger partial charge in [0, 0.05) is 0 Å². The average Bonchev–Trinajstić information content (AvgIpc) is 2.54. The van der Waals surface area contributed by atoms with Crippen LogP contribution in [0.15, 0.2) is 30.3 Å². The lowest BCUT2D eigenvalue weighted by Gasteiger charge is -2.19. The Morgan fingerprint density at radius 2 is 1.78 bits per heavy atom. The molecule has 0 saturated heterocycles. The minimum Gasteiger partial charge on any atom is -0.467 e. The van der Waals surface area contributed by atoms with E-state index in [0.29, 0.717) is 6.42 Å². The number of esters is 1. The molecule has 6 nitrogen and oxygen atoms in total. The Balaban J connectivity index is 2.52. The third kappa shape index (κ3) is 6.50. The van der Waals surface area contributed by atoms with E-state index in [1.165, 1.54) is 7.11 Å². The summed E-state index contributed by atoms with van der Waals surface area (Å²) >= 11 is 0. The molecule has 1 rings (SSSR count). The number of benzene rings is 1. The predicted molar refractivity (Wildman–Crippen MR) is 86.6 cm³/mol. The standard InChI is InChI=1S/C17H24N2O4/c1-4-8-14(17(22)23-3)19-16(21)12(2)18-15(20)11-13-9-6-5-7-10-13/h5-7,9-10,12,14H,4,8,11H2,1-3H3,(H,18,20)(H,19,21)/t12-,14-/m0/s1. The number of methoxy groups -OCH3 is 1. The smallest absolute Gasteiger partial charge is 0.328 e. The fraction of sp³-hybridized carbons (Fsp3) is 0.471. The minimum atomic E-state index is -0.727. The monoisotopic (exact) mass is 320 g/mol. The molecule has 6 heteroatoms. The predicted octanol–water partition coefficient (Wildman–Crippen LogP) is 1.19. The topological polar surface area (TPSA) is 84.5 Å². The molecule has 0 radical (unpaired) electrons. The fourth-order valence-corrected chi connectivity index (χ4v) is 2.12. The molecule has 0 unspecified atom stereocenters. The third-order valence-corrected chi connectivity index (χ3v) is 3.36. The minimum absolute atomic E-state index is 0.202. The quantitative estimate of drug-likeness (QED) is 0.705. The Morgan fingerprint density at radius 1 is 1.13 bits per heavy atom. The van der Waals surface area contributed by atoms with Crippen molar-refractivity contribution in [3.05, 3.63) is 35.9 Å². The number of nitrogens with one attached hydrogen (secondary N) is 2. The summed E-state index contributed by atoms with van der Waals surface area (Å²) < 4.78 is 4.66. The van der Waals surface area contributed by atoms with Gasteiger partial charge < -0.3 is 15.4 Å². The van der Waals surface area contributed by atoms with Crippen LogP contribution in [0.3, 0.4) is 0 Å². The van der Waals surface area contributed by atoms with Crippen molar-refractivity contribution in [2.75, 3.05) is 7.11 Å². The maximum absolute atomic E-state index is 12.1. The van der Waals surface area contributed by atoms with E-state index in [9.17, 15) is 14.4 Å². The van der Waals surface area contributed by atoms with Gasteiger partial charge in [0.15, 0.2) is 0 Å². The number of rotatable bonds is 8. The van der Waals surface area contributed by atoms with Gasteiger partial charge in [0.2, 0.25) is 11.8 Å². The lowest BCUT2D eigenvalue weighted by Crippen LogP contribution is -2.50. The summed E-state index contributed by atoms with van der Waals surface area (Å²) in [5.74, 6) is -1.14. The largest absolute Gasteiger partial charge is 0.467 e. The van der Waals surface area contributed by atoms with Crippen molar-refractivity contribution >= 4 is 17.8 Å². The lowest BCUT2D eigenvalue weighted by molar-refractivity contribution is -0.145. The molecule has 0 spiro atoms. The highest BCUT2D eigenvalue weighted by Crippen LogP contribution is 2.01. The first-order valence-corrected chi connectivity index (χ1v) is 7.69. The number of ether oxygens (including phenoxy) is 1. The summed E-state index contributed by atoms with van der Waals surface area (Å²) in [6.45, 7) is 3.49. The van der Waals surface area contributed by atoms with Crippen LogP contribution in [0.4, 0.5) is 0 Å². The molecule has 2 N–H and O–H groups in total. The van der Waals surface area contributed by atoms with Crippen LogP contribution >= 0.6 is 0 Å². The van der Waals surface area contributed by atoms with Crippen LogP contribution in [0.2, 0.25) is 0 Å². The molecule has 126 valence electrons. The first-order valence-electron chi connectivity index (χ1n) is 7.69. The molecule has 0 aromatic heterocycles. The SMILES string of the molecule is CCC[C@H](NC(=O)[C@H](C)NC(=O)Cc1ccccc1)C(=O)OC. The second-order valence-electron chi connectivity index (χ2n) is 5.32. The molecule has 0 heterocycles. The Hall–Kier alpha value is -2.37. The van der Waals surface area contributed by atoms with Gasteiger partial charge in [-0.3, -0.25) is 9.59 Å². The van der Waals surface area contributed by atoms with E-state index in [4.69, 9.17) is 0 Å². The van der Waals surface area contributed by atoms with Gasteiger partial charge in [0.05, 0.1) is 13.5 Å². The summed E-state index contributed by atoms with van der Waals surface area (Å²) in [7, 11) is 1.28. The molecule has 0 saturated carbocycles. The van der Waals surface area contributed by atoms with Crippen molar-refractivity contribution in [3.8, 4) is 0 Å². The van der Waals surface area contributed by atoms with Gasteiger partial charge in [-0.15, -0.1) is 0 Å². The van der Waals surface area contributed by atoms with Crippen molar-refractivity contribution in [1.82, 2.24) is 10.6 Å². The van der Waals surface area contributed by atoms with E-state index in [1.54, 1.807) is 6.92 Å². The molecule has 0 bridgehead atoms. The van der Waals surface area contributed by atoms with Gasteiger partial charge >= 0.3 is 5.97 Å². The van der Waals surface area contributed by atoms with E-state index >= 15 is 0 Å². The fourth-order valence-electron chi connectivity index (χ4n) is 2.12. The first kappa shape index (κ1) is 18.7. The molecule has 1 aromatic carbocycles. The Labute approximate surface area is 136 Å². The van der Waals surface area contributed by atoms with E-state index in [-0.39, 0.29) is 12.3 Å². The third-order valence-electron chi connectivity index (χ3n) is 3.36. The molecule has 0 aliphatic rings. The van der Waals surface area contributed by atoms with Crippen molar-refractivity contribution in [3.63, 3.8) is 0 Å². The van der Waals surface area contributed by atoms with Crippen LogP contribution in [-0.2, 0) is 25.5 Å². The maximum Gasteiger partial charge on any atom is 0.328 e. The summed E-state index contributed by atoms with van der Waals surface area (Å²) in [6, 6.07) is 7.85. The number of carbonyl (C=O) groups is 3. The van der Waals surface area contributed by atoms with Gasteiger partial charge in [0.1, 0.15) is 12.1 Å². The van der Waals surface area contributed by atoms with Gasteiger partial charge in [-0.05, 0) is 18.9 Å². The molecule has 0 aliphatic heterocycles. The molecule has 0 fully saturated rings. The average molecular weight is 320 g/mol. The van der Waals surface area contributed by atoms with Gasteiger partial charge in [-0.2, -0.15) is 0 Å². The summed E-state index contributed by atoms with van der Waals surface area (Å²) in [5, 5.41) is 5.24. The van der Waals surface area contributed by atoms with Crippen molar-refractivity contribution < 1.29 is 19.1 Å². The van der Waals surface area contributed by atoms with Crippen molar-refractivity contribution in [1.29, 1.82) is 0 Å². The second-order valence-corrected chi connectivity index (χ2v) is 5.32. The molecule has 2 atom stereocenters. The zero-order valence-electron chi connectivity index (χ0n) is 13.8. The second kappa shape index (κ2) is 9.61. The highest BCUT2D eigenvalue weighted by molar-refractivity contribution is 5.90. The normalized spacial score (nSPS) is 12.8. The van der Waals surface area contributed by atoms with Gasteiger partial charge in [-0.25, -0.2) is 4.79 Å².